The monoisotopic (exact) mass is 287 g/mol. The number of guanidine groups is 1. The number of hydrogen-bond donors (Lipinski definition) is 1. The fourth-order valence-corrected chi connectivity index (χ4v) is 2.14. The van der Waals surface area contributed by atoms with Crippen molar-refractivity contribution < 1.29 is 4.79 Å². The van der Waals surface area contributed by atoms with Gasteiger partial charge >= 0.3 is 0 Å². The molecule has 0 aromatic carbocycles. The van der Waals surface area contributed by atoms with Crippen molar-refractivity contribution in [3.8, 4) is 0 Å². The van der Waals surface area contributed by atoms with Crippen molar-refractivity contribution in [3.63, 3.8) is 0 Å². The van der Waals surface area contributed by atoms with Gasteiger partial charge in [0.25, 0.3) is 0 Å². The van der Waals surface area contributed by atoms with Gasteiger partial charge in [-0.1, -0.05) is 23.2 Å². The molecule has 0 spiro atoms. The number of halogens is 2. The van der Waals surface area contributed by atoms with Crippen molar-refractivity contribution in [2.24, 2.45) is 4.99 Å². The Labute approximate surface area is 114 Å². The Morgan fingerprint density at radius 2 is 2.00 bits per heavy atom. The van der Waals surface area contributed by atoms with Crippen LogP contribution in [0.1, 0.15) is 12.7 Å². The van der Waals surface area contributed by atoms with E-state index in [2.05, 4.69) is 20.3 Å². The van der Waals surface area contributed by atoms with Crippen molar-refractivity contribution in [3.05, 3.63) is 16.1 Å². The number of aromatic nitrogens is 2. The fraction of sp³-hybridized carbons (Fsp3) is 0.400. The third kappa shape index (κ3) is 2.54. The molecule has 96 valence electrons. The normalized spacial score (nSPS) is 17.1. The molecule has 0 aliphatic carbocycles. The Morgan fingerprint density at radius 3 is 2.56 bits per heavy atom. The highest BCUT2D eigenvalue weighted by Crippen LogP contribution is 2.30. The summed E-state index contributed by atoms with van der Waals surface area (Å²) >= 11 is 11.9. The van der Waals surface area contributed by atoms with Crippen LogP contribution in [0.15, 0.2) is 4.99 Å². The number of rotatable bonds is 1. The first-order valence-corrected chi connectivity index (χ1v) is 6.05. The predicted molar refractivity (Wildman–Crippen MR) is 69.3 cm³/mol. The van der Waals surface area contributed by atoms with Gasteiger partial charge in [-0.05, 0) is 6.92 Å². The molecule has 0 saturated carbocycles. The number of nitrogens with zero attached hydrogens (tertiary/aromatic N) is 4. The van der Waals surface area contributed by atoms with E-state index in [-0.39, 0.29) is 21.9 Å². The zero-order chi connectivity index (χ0) is 13.3. The smallest absolute Gasteiger partial charge is 0.226 e. The Morgan fingerprint density at radius 1 is 1.39 bits per heavy atom. The predicted octanol–water partition coefficient (Wildman–Crippen LogP) is 1.53. The van der Waals surface area contributed by atoms with Crippen molar-refractivity contribution in [2.45, 2.75) is 13.8 Å². The molecular formula is C10H11Cl2N5O. The van der Waals surface area contributed by atoms with Crippen LogP contribution in [-0.2, 0) is 4.79 Å². The van der Waals surface area contributed by atoms with Crippen molar-refractivity contribution in [2.75, 3.05) is 13.1 Å². The van der Waals surface area contributed by atoms with E-state index in [0.717, 1.165) is 0 Å². The molecule has 1 N–H and O–H groups in total. The van der Waals surface area contributed by atoms with Crippen LogP contribution in [0.25, 0.3) is 0 Å². The van der Waals surface area contributed by atoms with Gasteiger partial charge in [-0.25, -0.2) is 15.0 Å². The minimum Gasteiger partial charge on any atom is -0.354 e. The lowest BCUT2D eigenvalue weighted by Crippen LogP contribution is -2.33. The summed E-state index contributed by atoms with van der Waals surface area (Å²) in [6.07, 6.45) is 0. The van der Waals surface area contributed by atoms with Gasteiger partial charge in [0.15, 0.2) is 10.3 Å². The quantitative estimate of drug-likeness (QED) is 0.796. The molecule has 1 aromatic heterocycles. The maximum atomic E-state index is 11.4. The standard InChI is InChI=1S/C10H11Cl2N5O/c1-5-14-8(11)7(9(12)15-5)16-10-13-3-4-17(10)6(2)18/h3-4H2,1-2H3,(H,13,16). The SMILES string of the molecule is CC(=O)N1CCNC1=Nc1c(Cl)nc(C)nc1Cl. The second kappa shape index (κ2) is 5.07. The molecule has 0 radical (unpaired) electrons. The third-order valence-corrected chi connectivity index (χ3v) is 2.91. The van der Waals surface area contributed by atoms with Crippen LogP contribution in [0.5, 0.6) is 0 Å². The first-order valence-electron chi connectivity index (χ1n) is 5.29. The lowest BCUT2D eigenvalue weighted by molar-refractivity contribution is -0.124. The number of aliphatic imine (C=N–C) groups is 1. The van der Waals surface area contributed by atoms with Gasteiger partial charge in [0, 0.05) is 20.0 Å². The van der Waals surface area contributed by atoms with Crippen LogP contribution in [0.4, 0.5) is 5.69 Å². The summed E-state index contributed by atoms with van der Waals surface area (Å²) in [5.41, 5.74) is 0.264. The zero-order valence-corrected chi connectivity index (χ0v) is 11.4. The second-order valence-electron chi connectivity index (χ2n) is 3.73. The van der Waals surface area contributed by atoms with Crippen molar-refractivity contribution in [1.82, 2.24) is 20.2 Å². The summed E-state index contributed by atoms with van der Waals surface area (Å²) in [5.74, 6) is 0.787. The molecule has 0 bridgehead atoms. The number of carbonyl (C=O) groups is 1. The minimum absolute atomic E-state index is 0.0981. The number of aryl methyl sites for hydroxylation is 1. The maximum Gasteiger partial charge on any atom is 0.226 e. The van der Waals surface area contributed by atoms with Crippen LogP contribution in [0.3, 0.4) is 0 Å². The highest BCUT2D eigenvalue weighted by Gasteiger charge is 2.22. The van der Waals surface area contributed by atoms with Crippen molar-refractivity contribution >= 4 is 40.8 Å². The summed E-state index contributed by atoms with van der Waals surface area (Å²) in [6, 6.07) is 0. The number of carbonyl (C=O) groups excluding carboxylic acids is 1. The summed E-state index contributed by atoms with van der Waals surface area (Å²) in [7, 11) is 0. The van der Waals surface area contributed by atoms with Crippen molar-refractivity contribution in [1.29, 1.82) is 0 Å². The highest BCUT2D eigenvalue weighted by molar-refractivity contribution is 6.37. The molecule has 1 fully saturated rings. The Bertz CT molecular complexity index is 508. The van der Waals surface area contributed by atoms with Crippen LogP contribution in [-0.4, -0.2) is 39.8 Å². The summed E-state index contributed by atoms with van der Waals surface area (Å²) in [6.45, 7) is 4.36. The summed E-state index contributed by atoms with van der Waals surface area (Å²) in [4.78, 5) is 25.1. The number of nitrogens with one attached hydrogen (secondary N) is 1. The lowest BCUT2D eigenvalue weighted by atomic mass is 10.5. The molecule has 0 atom stereocenters. The molecule has 1 aromatic rings. The van der Waals surface area contributed by atoms with Gasteiger partial charge in [-0.15, -0.1) is 0 Å². The average Bonchev–Trinajstić information content (AvgIpc) is 2.71. The summed E-state index contributed by atoms with van der Waals surface area (Å²) < 4.78 is 0. The topological polar surface area (TPSA) is 70.5 Å². The maximum absolute atomic E-state index is 11.4. The van der Waals surface area contributed by atoms with Crippen LogP contribution in [0, 0.1) is 6.92 Å². The molecule has 0 unspecified atom stereocenters. The van der Waals surface area contributed by atoms with Crippen LogP contribution < -0.4 is 5.32 Å². The Balaban J connectivity index is 2.41. The van der Waals surface area contributed by atoms with Gasteiger partial charge in [-0.3, -0.25) is 9.69 Å². The average molecular weight is 288 g/mol. The Kier molecular flexibility index (Phi) is 3.68. The lowest BCUT2D eigenvalue weighted by Gasteiger charge is -2.13. The first-order chi connectivity index (χ1) is 8.49. The molecule has 2 heterocycles. The van der Waals surface area contributed by atoms with E-state index in [1.165, 1.54) is 11.8 Å². The summed E-state index contributed by atoms with van der Waals surface area (Å²) in [5, 5.41) is 3.32. The van der Waals surface area contributed by atoms with Crippen LogP contribution in [0.2, 0.25) is 10.3 Å². The molecular weight excluding hydrogens is 277 g/mol. The first kappa shape index (κ1) is 13.0. The van der Waals surface area contributed by atoms with E-state index in [1.807, 2.05) is 0 Å². The molecule has 18 heavy (non-hydrogen) atoms. The molecule has 1 amide bonds. The molecule has 1 aliphatic rings. The van der Waals surface area contributed by atoms with E-state index in [1.54, 1.807) is 6.92 Å². The molecule has 2 rings (SSSR count). The van der Waals surface area contributed by atoms with Gasteiger partial charge in [-0.2, -0.15) is 0 Å². The second-order valence-corrected chi connectivity index (χ2v) is 4.45. The van der Waals surface area contributed by atoms with E-state index in [0.29, 0.717) is 24.9 Å². The van der Waals surface area contributed by atoms with Gasteiger partial charge in [0.1, 0.15) is 11.5 Å². The largest absolute Gasteiger partial charge is 0.354 e. The molecule has 6 nitrogen and oxygen atoms in total. The van der Waals surface area contributed by atoms with Gasteiger partial charge in [0.05, 0.1) is 0 Å². The fourth-order valence-electron chi connectivity index (χ4n) is 1.59. The Hall–Kier alpha value is -1.40. The van der Waals surface area contributed by atoms with Crippen LogP contribution >= 0.6 is 23.2 Å². The molecule has 8 heteroatoms. The minimum atomic E-state index is -0.0981. The molecule has 1 saturated heterocycles. The zero-order valence-electron chi connectivity index (χ0n) is 9.87. The van der Waals surface area contributed by atoms with E-state index >= 15 is 0 Å². The number of amides is 1. The van der Waals surface area contributed by atoms with E-state index in [4.69, 9.17) is 23.2 Å². The van der Waals surface area contributed by atoms with E-state index in [9.17, 15) is 4.79 Å². The third-order valence-electron chi connectivity index (χ3n) is 2.38. The molecule has 1 aliphatic heterocycles. The van der Waals surface area contributed by atoms with Gasteiger partial charge < -0.3 is 5.32 Å². The number of hydrogen-bond acceptors (Lipinski definition) is 4. The van der Waals surface area contributed by atoms with Gasteiger partial charge in [0.2, 0.25) is 11.9 Å². The van der Waals surface area contributed by atoms with E-state index < -0.39 is 0 Å². The highest BCUT2D eigenvalue weighted by atomic mass is 35.5.